The summed E-state index contributed by atoms with van der Waals surface area (Å²) in [6.45, 7) is 9.04. The molecule has 0 aliphatic rings. The summed E-state index contributed by atoms with van der Waals surface area (Å²) in [5.74, 6) is -0.207. The number of amides is 2. The Morgan fingerprint density at radius 1 is 0.830 bits per heavy atom. The van der Waals surface area contributed by atoms with Gasteiger partial charge in [-0.15, -0.1) is 0 Å². The number of rotatable bonds is 14. The Kier molecular flexibility index (Phi) is 11.8. The molecule has 4 rings (SSSR count). The molecule has 4 aromatic carbocycles. The van der Waals surface area contributed by atoms with E-state index in [9.17, 15) is 18.0 Å². The Morgan fingerprint density at radius 3 is 2.15 bits per heavy atom. The minimum atomic E-state index is -4.18. The van der Waals surface area contributed by atoms with Crippen LogP contribution in [0.2, 0.25) is 0 Å². The molecule has 0 aliphatic carbocycles. The smallest absolute Gasteiger partial charge is 0.264 e. The highest BCUT2D eigenvalue weighted by Gasteiger charge is 2.35. The molecule has 0 aromatic heterocycles. The number of aryl methyl sites for hydroxylation is 3. The molecule has 0 saturated carbocycles. The van der Waals surface area contributed by atoms with Crippen LogP contribution < -0.4 is 14.4 Å². The Labute approximate surface area is 279 Å². The molecular weight excluding hydrogens is 611 g/mol. The fourth-order valence-corrected chi connectivity index (χ4v) is 6.77. The van der Waals surface area contributed by atoms with E-state index >= 15 is 0 Å². The van der Waals surface area contributed by atoms with Crippen molar-refractivity contribution in [1.82, 2.24) is 10.2 Å². The van der Waals surface area contributed by atoms with E-state index in [-0.39, 0.29) is 29.8 Å². The molecule has 47 heavy (non-hydrogen) atoms. The lowest BCUT2D eigenvalue weighted by Gasteiger charge is -2.34. The van der Waals surface area contributed by atoms with Crippen LogP contribution in [0.3, 0.4) is 0 Å². The Bertz CT molecular complexity index is 1780. The SMILES string of the molecule is CC[C@H](C)NC(=O)[C@@H](Cc1ccccc1)N(Cc1cccc(OC)c1)C(=O)CN(c1cc(C)ccc1C)S(=O)(=O)c1ccc(C)cc1. The number of nitrogens with one attached hydrogen (secondary N) is 1. The fourth-order valence-electron chi connectivity index (χ4n) is 5.30. The average Bonchev–Trinajstić information content (AvgIpc) is 3.06. The van der Waals surface area contributed by atoms with Gasteiger partial charge in [0.25, 0.3) is 10.0 Å². The van der Waals surface area contributed by atoms with Gasteiger partial charge in [-0.25, -0.2) is 8.42 Å². The van der Waals surface area contributed by atoms with Gasteiger partial charge in [0.05, 0.1) is 17.7 Å². The Morgan fingerprint density at radius 2 is 1.49 bits per heavy atom. The maximum absolute atomic E-state index is 14.7. The Hall–Kier alpha value is -4.63. The second-order valence-corrected chi connectivity index (χ2v) is 13.9. The first kappa shape index (κ1) is 35.2. The maximum atomic E-state index is 14.7. The molecule has 0 heterocycles. The molecule has 0 fully saturated rings. The maximum Gasteiger partial charge on any atom is 0.264 e. The predicted octanol–water partition coefficient (Wildman–Crippen LogP) is 6.37. The normalized spacial score (nSPS) is 12.6. The quantitative estimate of drug-likeness (QED) is 0.170. The highest BCUT2D eigenvalue weighted by molar-refractivity contribution is 7.92. The van der Waals surface area contributed by atoms with Crippen LogP contribution in [-0.2, 0) is 32.6 Å². The zero-order valence-electron chi connectivity index (χ0n) is 28.1. The number of carbonyl (C=O) groups is 2. The van der Waals surface area contributed by atoms with Crippen LogP contribution in [0.4, 0.5) is 5.69 Å². The van der Waals surface area contributed by atoms with Gasteiger partial charge in [-0.3, -0.25) is 13.9 Å². The number of hydrogen-bond donors (Lipinski definition) is 1. The Balaban J connectivity index is 1.85. The molecule has 0 spiro atoms. The van der Waals surface area contributed by atoms with Crippen molar-refractivity contribution in [2.75, 3.05) is 18.0 Å². The van der Waals surface area contributed by atoms with Gasteiger partial charge >= 0.3 is 0 Å². The molecule has 0 radical (unpaired) electrons. The molecule has 0 bridgehead atoms. The van der Waals surface area contributed by atoms with Crippen molar-refractivity contribution in [1.29, 1.82) is 0 Å². The molecule has 2 atom stereocenters. The number of benzene rings is 4. The van der Waals surface area contributed by atoms with Crippen LogP contribution in [0.5, 0.6) is 5.75 Å². The number of ether oxygens (including phenoxy) is 1. The van der Waals surface area contributed by atoms with Crippen molar-refractivity contribution in [3.05, 3.63) is 125 Å². The van der Waals surface area contributed by atoms with Gasteiger partial charge < -0.3 is 15.0 Å². The van der Waals surface area contributed by atoms with Gasteiger partial charge in [0.2, 0.25) is 11.8 Å². The van der Waals surface area contributed by atoms with E-state index in [1.807, 2.05) is 101 Å². The first-order valence-corrected chi connectivity index (χ1v) is 17.3. The van der Waals surface area contributed by atoms with Crippen LogP contribution in [0, 0.1) is 20.8 Å². The van der Waals surface area contributed by atoms with E-state index < -0.39 is 28.5 Å². The molecule has 4 aromatic rings. The van der Waals surface area contributed by atoms with E-state index in [1.54, 1.807) is 37.4 Å². The zero-order chi connectivity index (χ0) is 34.1. The van der Waals surface area contributed by atoms with Crippen LogP contribution in [0.1, 0.15) is 48.1 Å². The van der Waals surface area contributed by atoms with Crippen LogP contribution in [0.15, 0.2) is 102 Å². The zero-order valence-corrected chi connectivity index (χ0v) is 28.9. The topological polar surface area (TPSA) is 96.0 Å². The number of methoxy groups -OCH3 is 1. The minimum absolute atomic E-state index is 0.0622. The van der Waals surface area contributed by atoms with Crippen molar-refractivity contribution >= 4 is 27.5 Å². The van der Waals surface area contributed by atoms with Crippen LogP contribution >= 0.6 is 0 Å². The number of hydrogen-bond acceptors (Lipinski definition) is 5. The monoisotopic (exact) mass is 655 g/mol. The summed E-state index contributed by atoms with van der Waals surface area (Å²) >= 11 is 0. The van der Waals surface area contributed by atoms with Gasteiger partial charge in [-0.05, 0) is 86.7 Å². The molecule has 0 saturated heterocycles. The molecule has 9 heteroatoms. The summed E-state index contributed by atoms with van der Waals surface area (Å²) < 4.78 is 35.3. The van der Waals surface area contributed by atoms with Gasteiger partial charge in [0.1, 0.15) is 18.3 Å². The third-order valence-electron chi connectivity index (χ3n) is 8.28. The standard InChI is InChI=1S/C38H45N3O5S/c1-7-30(5)39-38(43)36(24-31-12-9-8-10-13-31)40(25-32-14-11-15-33(23-32)46-6)37(42)26-41(35-22-28(3)16-19-29(35)4)47(44,45)34-20-17-27(2)18-21-34/h8-23,30,36H,7,24-26H2,1-6H3,(H,39,43)/t30-,36+/m0/s1. The molecule has 2 amide bonds. The van der Waals surface area contributed by atoms with Crippen molar-refractivity contribution < 1.29 is 22.7 Å². The summed E-state index contributed by atoms with van der Waals surface area (Å²) in [4.78, 5) is 30.3. The van der Waals surface area contributed by atoms with Crippen molar-refractivity contribution in [2.45, 2.75) is 71.0 Å². The predicted molar refractivity (Wildman–Crippen MR) is 187 cm³/mol. The van der Waals surface area contributed by atoms with Crippen molar-refractivity contribution in [3.63, 3.8) is 0 Å². The van der Waals surface area contributed by atoms with E-state index in [1.165, 1.54) is 9.21 Å². The first-order valence-electron chi connectivity index (χ1n) is 15.9. The van der Waals surface area contributed by atoms with E-state index in [2.05, 4.69) is 5.32 Å². The lowest BCUT2D eigenvalue weighted by Crippen LogP contribution is -2.54. The number of carbonyl (C=O) groups excluding carboxylic acids is 2. The van der Waals surface area contributed by atoms with Crippen molar-refractivity contribution in [2.24, 2.45) is 0 Å². The van der Waals surface area contributed by atoms with E-state index in [0.29, 0.717) is 23.4 Å². The van der Waals surface area contributed by atoms with E-state index in [0.717, 1.165) is 22.3 Å². The second kappa shape index (κ2) is 15.8. The fraction of sp³-hybridized carbons (Fsp3) is 0.316. The van der Waals surface area contributed by atoms with Crippen LogP contribution in [-0.4, -0.2) is 50.9 Å². The van der Waals surface area contributed by atoms with Gasteiger partial charge in [0.15, 0.2) is 0 Å². The summed E-state index contributed by atoms with van der Waals surface area (Å²) in [6.07, 6.45) is 0.954. The lowest BCUT2D eigenvalue weighted by molar-refractivity contribution is -0.140. The lowest BCUT2D eigenvalue weighted by atomic mass is 10.0. The highest BCUT2D eigenvalue weighted by atomic mass is 32.2. The molecule has 248 valence electrons. The van der Waals surface area contributed by atoms with E-state index in [4.69, 9.17) is 4.74 Å². The minimum Gasteiger partial charge on any atom is -0.497 e. The number of anilines is 1. The third kappa shape index (κ3) is 9.01. The second-order valence-electron chi connectivity index (χ2n) is 12.0. The molecule has 8 nitrogen and oxygen atoms in total. The molecule has 1 N–H and O–H groups in total. The summed E-state index contributed by atoms with van der Waals surface area (Å²) in [6, 6.07) is 27.9. The van der Waals surface area contributed by atoms with Gasteiger partial charge in [-0.1, -0.05) is 79.2 Å². The summed E-state index contributed by atoms with van der Waals surface area (Å²) in [7, 11) is -2.62. The largest absolute Gasteiger partial charge is 0.497 e. The molecule has 0 unspecified atom stereocenters. The third-order valence-corrected chi connectivity index (χ3v) is 10.1. The van der Waals surface area contributed by atoms with Crippen LogP contribution in [0.25, 0.3) is 0 Å². The summed E-state index contributed by atoms with van der Waals surface area (Å²) in [5, 5.41) is 3.07. The summed E-state index contributed by atoms with van der Waals surface area (Å²) in [5.41, 5.74) is 4.49. The molecule has 0 aliphatic heterocycles. The van der Waals surface area contributed by atoms with Crippen molar-refractivity contribution in [3.8, 4) is 5.75 Å². The molecular formula is C38H45N3O5S. The van der Waals surface area contributed by atoms with Gasteiger partial charge in [-0.2, -0.15) is 0 Å². The number of sulfonamides is 1. The highest BCUT2D eigenvalue weighted by Crippen LogP contribution is 2.29. The number of nitrogens with zero attached hydrogens (tertiary/aromatic N) is 2. The average molecular weight is 656 g/mol. The van der Waals surface area contributed by atoms with Gasteiger partial charge in [0, 0.05) is 19.0 Å². The first-order chi connectivity index (χ1) is 22.4.